The van der Waals surface area contributed by atoms with Crippen LogP contribution in [0.2, 0.25) is 0 Å². The Kier molecular flexibility index (Phi) is 6.42. The van der Waals surface area contributed by atoms with Crippen molar-refractivity contribution in [1.82, 2.24) is 4.90 Å². The van der Waals surface area contributed by atoms with Crippen LogP contribution in [0.4, 0.5) is 4.79 Å². The molecule has 1 fully saturated rings. The number of hydrogen-bond donors (Lipinski definition) is 1. The third kappa shape index (κ3) is 5.50. The number of hydrogen-bond acceptors (Lipinski definition) is 4. The predicted molar refractivity (Wildman–Crippen MR) is 109 cm³/mol. The lowest BCUT2D eigenvalue weighted by atomic mass is 9.92. The van der Waals surface area contributed by atoms with Crippen LogP contribution in [0.5, 0.6) is 5.75 Å². The molecule has 154 valence electrons. The highest BCUT2D eigenvalue weighted by atomic mass is 16.6. The number of amides is 1. The van der Waals surface area contributed by atoms with E-state index in [1.54, 1.807) is 6.07 Å². The molecule has 3 rings (SSSR count). The second-order valence-corrected chi connectivity index (χ2v) is 7.80. The number of benzene rings is 2. The van der Waals surface area contributed by atoms with Gasteiger partial charge in [0.25, 0.3) is 0 Å². The van der Waals surface area contributed by atoms with E-state index in [-0.39, 0.29) is 18.7 Å². The second kappa shape index (κ2) is 8.99. The molecule has 6 nitrogen and oxygen atoms in total. The summed E-state index contributed by atoms with van der Waals surface area (Å²) in [5.74, 6) is -0.469. The smallest absolute Gasteiger partial charge is 0.410 e. The van der Waals surface area contributed by atoms with E-state index < -0.39 is 11.6 Å². The molecule has 1 amide bonds. The summed E-state index contributed by atoms with van der Waals surface area (Å²) in [6.07, 6.45) is 2.01. The highest BCUT2D eigenvalue weighted by molar-refractivity contribution is 5.71. The minimum absolute atomic E-state index is 0.0253. The van der Waals surface area contributed by atoms with Gasteiger partial charge in [0.1, 0.15) is 11.4 Å². The molecule has 0 aliphatic carbocycles. The molecule has 1 saturated heterocycles. The van der Waals surface area contributed by atoms with Crippen LogP contribution in [0.1, 0.15) is 31.4 Å². The lowest BCUT2D eigenvalue weighted by Gasteiger charge is -2.29. The van der Waals surface area contributed by atoms with Crippen LogP contribution in [0.15, 0.2) is 54.6 Å². The summed E-state index contributed by atoms with van der Waals surface area (Å²) in [5.41, 5.74) is 1.67. The van der Waals surface area contributed by atoms with Gasteiger partial charge in [0.2, 0.25) is 0 Å². The first-order chi connectivity index (χ1) is 13.8. The molecule has 1 aliphatic rings. The van der Waals surface area contributed by atoms with Gasteiger partial charge in [0.05, 0.1) is 6.04 Å². The SMILES string of the molecule is CC1(C)OC(=O)N(CCCc2cccc(OCC(=O)O)c2)C1Cc1ccccc1. The molecule has 0 aromatic heterocycles. The zero-order valence-corrected chi connectivity index (χ0v) is 16.8. The van der Waals surface area contributed by atoms with Gasteiger partial charge in [-0.15, -0.1) is 0 Å². The zero-order chi connectivity index (χ0) is 20.9. The molecule has 2 aromatic carbocycles. The molecule has 1 heterocycles. The molecule has 0 bridgehead atoms. The number of nitrogens with zero attached hydrogens (tertiary/aromatic N) is 1. The van der Waals surface area contributed by atoms with Crippen LogP contribution >= 0.6 is 0 Å². The summed E-state index contributed by atoms with van der Waals surface area (Å²) in [6, 6.07) is 17.5. The largest absolute Gasteiger partial charge is 0.482 e. The van der Waals surface area contributed by atoms with Crippen molar-refractivity contribution in [1.29, 1.82) is 0 Å². The van der Waals surface area contributed by atoms with Gasteiger partial charge in [-0.05, 0) is 56.4 Å². The minimum atomic E-state index is -1.00. The summed E-state index contributed by atoms with van der Waals surface area (Å²) in [7, 11) is 0. The van der Waals surface area contributed by atoms with Gasteiger partial charge in [-0.2, -0.15) is 0 Å². The molecular formula is C23H27NO5. The molecule has 1 N–H and O–H groups in total. The van der Waals surface area contributed by atoms with Crippen LogP contribution in [0, 0.1) is 0 Å². The highest BCUT2D eigenvalue weighted by Crippen LogP contribution is 2.32. The van der Waals surface area contributed by atoms with E-state index >= 15 is 0 Å². The lowest BCUT2D eigenvalue weighted by Crippen LogP contribution is -2.43. The van der Waals surface area contributed by atoms with Crippen molar-refractivity contribution >= 4 is 12.1 Å². The van der Waals surface area contributed by atoms with E-state index in [2.05, 4.69) is 12.1 Å². The molecule has 0 spiro atoms. The van der Waals surface area contributed by atoms with E-state index in [4.69, 9.17) is 14.6 Å². The van der Waals surface area contributed by atoms with Gasteiger partial charge in [-0.1, -0.05) is 42.5 Å². The number of aryl methyl sites for hydroxylation is 1. The highest BCUT2D eigenvalue weighted by Gasteiger charge is 2.47. The minimum Gasteiger partial charge on any atom is -0.482 e. The summed E-state index contributed by atoms with van der Waals surface area (Å²) < 4.78 is 10.9. The molecule has 2 aromatic rings. The number of carboxylic acid groups (broad SMARTS) is 1. The molecule has 1 aliphatic heterocycles. The van der Waals surface area contributed by atoms with Crippen molar-refractivity contribution in [3.8, 4) is 5.75 Å². The number of cyclic esters (lactones) is 1. The fourth-order valence-corrected chi connectivity index (χ4v) is 3.68. The third-order valence-electron chi connectivity index (χ3n) is 5.16. The Bertz CT molecular complexity index is 849. The molecule has 1 unspecified atom stereocenters. The number of aliphatic carboxylic acids is 1. The van der Waals surface area contributed by atoms with Gasteiger partial charge < -0.3 is 19.5 Å². The van der Waals surface area contributed by atoms with Crippen LogP contribution in [-0.4, -0.2) is 46.9 Å². The van der Waals surface area contributed by atoms with Gasteiger partial charge in [0, 0.05) is 6.54 Å². The molecular weight excluding hydrogens is 370 g/mol. The first kappa shape index (κ1) is 20.7. The molecule has 0 radical (unpaired) electrons. The summed E-state index contributed by atoms with van der Waals surface area (Å²) in [5, 5.41) is 8.73. The fourth-order valence-electron chi connectivity index (χ4n) is 3.68. The summed E-state index contributed by atoms with van der Waals surface area (Å²) >= 11 is 0. The van der Waals surface area contributed by atoms with Crippen molar-refractivity contribution in [3.05, 3.63) is 65.7 Å². The van der Waals surface area contributed by atoms with Crippen molar-refractivity contribution in [2.45, 2.75) is 44.8 Å². The Balaban J connectivity index is 1.60. The second-order valence-electron chi connectivity index (χ2n) is 7.80. The van der Waals surface area contributed by atoms with Crippen molar-refractivity contribution in [2.75, 3.05) is 13.2 Å². The number of carbonyl (C=O) groups is 2. The maximum absolute atomic E-state index is 12.5. The normalized spacial score (nSPS) is 17.8. The van der Waals surface area contributed by atoms with Crippen LogP contribution < -0.4 is 4.74 Å². The van der Waals surface area contributed by atoms with Gasteiger partial charge >= 0.3 is 12.1 Å². The molecule has 0 saturated carbocycles. The summed E-state index contributed by atoms with van der Waals surface area (Å²) in [6.45, 7) is 4.16. The molecule has 1 atom stereocenters. The Morgan fingerprint density at radius 1 is 1.14 bits per heavy atom. The standard InChI is InChI=1S/C23H27NO5/c1-23(2)20(15-18-8-4-3-5-9-18)24(22(27)29-23)13-7-11-17-10-6-12-19(14-17)28-16-21(25)26/h3-6,8-10,12,14,20H,7,11,13,15-16H2,1-2H3,(H,25,26). The Morgan fingerprint density at radius 3 is 2.59 bits per heavy atom. The van der Waals surface area contributed by atoms with E-state index in [9.17, 15) is 9.59 Å². The van der Waals surface area contributed by atoms with Crippen molar-refractivity contribution < 1.29 is 24.2 Å². The third-order valence-corrected chi connectivity index (χ3v) is 5.16. The van der Waals surface area contributed by atoms with E-state index in [1.165, 1.54) is 5.56 Å². The van der Waals surface area contributed by atoms with Crippen LogP contribution in [0.3, 0.4) is 0 Å². The molecule has 6 heteroatoms. The average Bonchev–Trinajstić information content (AvgIpc) is 2.89. The van der Waals surface area contributed by atoms with Crippen LogP contribution in [-0.2, 0) is 22.4 Å². The number of carbonyl (C=O) groups excluding carboxylic acids is 1. The number of carboxylic acids is 1. The average molecular weight is 397 g/mol. The number of ether oxygens (including phenoxy) is 2. The van der Waals surface area contributed by atoms with Gasteiger partial charge in [-0.3, -0.25) is 0 Å². The monoisotopic (exact) mass is 397 g/mol. The Labute approximate surface area is 171 Å². The van der Waals surface area contributed by atoms with Crippen molar-refractivity contribution in [3.63, 3.8) is 0 Å². The van der Waals surface area contributed by atoms with Crippen LogP contribution in [0.25, 0.3) is 0 Å². The number of rotatable bonds is 9. The first-order valence-electron chi connectivity index (χ1n) is 9.82. The maximum atomic E-state index is 12.5. The summed E-state index contributed by atoms with van der Waals surface area (Å²) in [4.78, 5) is 24.9. The fraction of sp³-hybridized carbons (Fsp3) is 0.391. The molecule has 29 heavy (non-hydrogen) atoms. The predicted octanol–water partition coefficient (Wildman–Crippen LogP) is 3.92. The van der Waals surface area contributed by atoms with Gasteiger partial charge in [0.15, 0.2) is 6.61 Å². The Morgan fingerprint density at radius 2 is 1.86 bits per heavy atom. The zero-order valence-electron chi connectivity index (χ0n) is 16.8. The Hall–Kier alpha value is -3.02. The van der Waals surface area contributed by atoms with Crippen molar-refractivity contribution in [2.24, 2.45) is 0 Å². The quantitative estimate of drug-likeness (QED) is 0.694. The van der Waals surface area contributed by atoms with E-state index in [1.807, 2.05) is 55.1 Å². The van der Waals surface area contributed by atoms with E-state index in [0.29, 0.717) is 12.3 Å². The maximum Gasteiger partial charge on any atom is 0.410 e. The van der Waals surface area contributed by atoms with Gasteiger partial charge in [-0.25, -0.2) is 9.59 Å². The topological polar surface area (TPSA) is 76.1 Å². The lowest BCUT2D eigenvalue weighted by molar-refractivity contribution is -0.139. The van der Waals surface area contributed by atoms with E-state index in [0.717, 1.165) is 24.8 Å². The first-order valence-corrected chi connectivity index (χ1v) is 9.82.